The van der Waals surface area contributed by atoms with Crippen molar-refractivity contribution in [2.75, 3.05) is 0 Å². The summed E-state index contributed by atoms with van der Waals surface area (Å²) in [5.74, 6) is 1.80. The number of allylic oxidation sites excluding steroid dienone is 4. The van der Waals surface area contributed by atoms with Crippen molar-refractivity contribution in [1.29, 1.82) is 0 Å². The molecule has 5 heteroatoms. The van der Waals surface area contributed by atoms with Crippen LogP contribution < -0.4 is 0 Å². The quantitative estimate of drug-likeness (QED) is 0.613. The number of nitrogens with zero attached hydrogens (tertiary/aromatic N) is 1. The number of aliphatic carboxylic acids is 1. The molecule has 0 spiro atoms. The lowest BCUT2D eigenvalue weighted by molar-refractivity contribution is -0.136. The third kappa shape index (κ3) is 4.34. The summed E-state index contributed by atoms with van der Waals surface area (Å²) >= 11 is 1.46. The Kier molecular flexibility index (Phi) is 5.94. The van der Waals surface area contributed by atoms with Crippen molar-refractivity contribution in [3.63, 3.8) is 0 Å². The van der Waals surface area contributed by atoms with Gasteiger partial charge in [-0.15, -0.1) is 17.8 Å². The Labute approximate surface area is 144 Å². The van der Waals surface area contributed by atoms with E-state index in [9.17, 15) is 9.90 Å². The van der Waals surface area contributed by atoms with Crippen molar-refractivity contribution in [2.24, 2.45) is 0 Å². The van der Waals surface area contributed by atoms with Crippen LogP contribution in [0.5, 0.6) is 5.75 Å². The number of aryl methyl sites for hydroxylation is 1. The minimum absolute atomic E-state index is 0.0351. The van der Waals surface area contributed by atoms with Crippen LogP contribution in [0.3, 0.4) is 0 Å². The van der Waals surface area contributed by atoms with Gasteiger partial charge in [-0.25, -0.2) is 4.98 Å². The van der Waals surface area contributed by atoms with Crippen LogP contribution in [0.25, 0.3) is 16.8 Å². The lowest BCUT2D eigenvalue weighted by Crippen LogP contribution is -1.96. The summed E-state index contributed by atoms with van der Waals surface area (Å²) in [7, 11) is 0. The molecular weight excluding hydrogens is 322 g/mol. The molecule has 0 saturated carbocycles. The van der Waals surface area contributed by atoms with Gasteiger partial charge in [0.05, 0.1) is 22.0 Å². The maximum atomic E-state index is 10.8. The number of carboxylic acids is 1. The van der Waals surface area contributed by atoms with Gasteiger partial charge < -0.3 is 10.2 Å². The summed E-state index contributed by atoms with van der Waals surface area (Å²) in [4.78, 5) is 16.3. The lowest BCUT2D eigenvalue weighted by atomic mass is 10.1. The van der Waals surface area contributed by atoms with Gasteiger partial charge in [0.1, 0.15) is 5.75 Å². The molecule has 1 aromatic carbocycles. The first-order valence-corrected chi connectivity index (χ1v) is 8.17. The minimum Gasteiger partial charge on any atom is -0.508 e. The second kappa shape index (κ2) is 8.14. The van der Waals surface area contributed by atoms with Crippen molar-refractivity contribution < 1.29 is 15.0 Å². The highest BCUT2D eigenvalue weighted by Crippen LogP contribution is 2.35. The molecular formula is C19H17NO3S. The Bertz CT molecular complexity index is 823. The number of rotatable bonds is 6. The van der Waals surface area contributed by atoms with E-state index in [1.54, 1.807) is 30.3 Å². The van der Waals surface area contributed by atoms with E-state index in [-0.39, 0.29) is 12.2 Å². The number of carbonyl (C=O) groups is 1. The number of phenolic OH excluding ortho intramolecular Hbond substituents is 1. The summed E-state index contributed by atoms with van der Waals surface area (Å²) < 4.78 is 0. The zero-order valence-electron chi connectivity index (χ0n) is 13.2. The van der Waals surface area contributed by atoms with Crippen LogP contribution in [0.15, 0.2) is 42.5 Å². The molecule has 1 heterocycles. The van der Waals surface area contributed by atoms with Gasteiger partial charge in [-0.3, -0.25) is 4.79 Å². The molecule has 0 atom stereocenters. The number of hydrogen-bond acceptors (Lipinski definition) is 4. The SMILES string of the molecule is C#C/C=C\C(=C/C)c1sc(CCC(=O)O)nc1-c1ccc(O)cc1. The molecule has 1 aromatic heterocycles. The number of terminal acetylenes is 1. The Morgan fingerprint density at radius 1 is 1.38 bits per heavy atom. The smallest absolute Gasteiger partial charge is 0.303 e. The molecule has 0 aliphatic carbocycles. The minimum atomic E-state index is -0.851. The van der Waals surface area contributed by atoms with Crippen LogP contribution in [0.4, 0.5) is 0 Å². The van der Waals surface area contributed by atoms with Crippen LogP contribution in [0, 0.1) is 12.3 Å². The maximum absolute atomic E-state index is 10.8. The van der Waals surface area contributed by atoms with E-state index in [0.717, 1.165) is 26.7 Å². The van der Waals surface area contributed by atoms with Crippen molar-refractivity contribution >= 4 is 22.9 Å². The van der Waals surface area contributed by atoms with Crippen molar-refractivity contribution in [3.05, 3.63) is 52.4 Å². The molecule has 0 unspecified atom stereocenters. The van der Waals surface area contributed by atoms with E-state index in [1.807, 2.05) is 19.1 Å². The molecule has 0 aliphatic heterocycles. The van der Waals surface area contributed by atoms with E-state index in [4.69, 9.17) is 11.5 Å². The van der Waals surface area contributed by atoms with Crippen molar-refractivity contribution in [1.82, 2.24) is 4.98 Å². The summed E-state index contributed by atoms with van der Waals surface area (Å²) in [6, 6.07) is 6.77. The molecule has 2 aromatic rings. The predicted molar refractivity (Wildman–Crippen MR) is 96.8 cm³/mol. The Morgan fingerprint density at radius 2 is 2.08 bits per heavy atom. The second-order valence-corrected chi connectivity index (χ2v) is 6.05. The van der Waals surface area contributed by atoms with Crippen LogP contribution >= 0.6 is 11.3 Å². The topological polar surface area (TPSA) is 70.4 Å². The Morgan fingerprint density at radius 3 is 2.67 bits per heavy atom. The average molecular weight is 339 g/mol. The molecule has 2 N–H and O–H groups in total. The van der Waals surface area contributed by atoms with Gasteiger partial charge in [-0.05, 0) is 48.9 Å². The largest absolute Gasteiger partial charge is 0.508 e. The molecule has 0 bridgehead atoms. The predicted octanol–water partition coefficient (Wildman–Crippen LogP) is 4.13. The number of thiazole rings is 1. The van der Waals surface area contributed by atoms with Gasteiger partial charge in [0.15, 0.2) is 0 Å². The zero-order valence-corrected chi connectivity index (χ0v) is 14.0. The number of aromatic nitrogens is 1. The lowest BCUT2D eigenvalue weighted by Gasteiger charge is -2.03. The van der Waals surface area contributed by atoms with Gasteiger partial charge in [0.2, 0.25) is 0 Å². The molecule has 4 nitrogen and oxygen atoms in total. The standard InChI is InChI=1S/C19H17NO3S/c1-3-5-6-13(4-2)19-18(14-7-9-15(21)10-8-14)20-16(24-19)11-12-17(22)23/h1,4-10,21H,11-12H2,2H3,(H,22,23)/b6-5-,13-4+. The molecule has 122 valence electrons. The number of phenols is 1. The first-order chi connectivity index (χ1) is 11.5. The highest BCUT2D eigenvalue weighted by atomic mass is 32.1. The molecule has 0 fully saturated rings. The van der Waals surface area contributed by atoms with Gasteiger partial charge in [-0.1, -0.05) is 12.0 Å². The van der Waals surface area contributed by atoms with Crippen molar-refractivity contribution in [2.45, 2.75) is 19.8 Å². The Balaban J connectivity index is 2.49. The normalized spacial score (nSPS) is 11.6. The number of hydrogen-bond donors (Lipinski definition) is 2. The first kappa shape index (κ1) is 17.5. The fourth-order valence-corrected chi connectivity index (χ4v) is 3.28. The van der Waals surface area contributed by atoms with Gasteiger partial charge >= 0.3 is 5.97 Å². The Hall–Kier alpha value is -2.84. The highest BCUT2D eigenvalue weighted by molar-refractivity contribution is 7.13. The summed E-state index contributed by atoms with van der Waals surface area (Å²) in [6.45, 7) is 1.91. The summed E-state index contributed by atoms with van der Waals surface area (Å²) in [6.07, 6.45) is 11.1. The summed E-state index contributed by atoms with van der Waals surface area (Å²) in [5, 5.41) is 19.1. The second-order valence-electron chi connectivity index (χ2n) is 4.97. The monoisotopic (exact) mass is 339 g/mol. The van der Waals surface area contributed by atoms with E-state index in [2.05, 4.69) is 10.9 Å². The zero-order chi connectivity index (χ0) is 17.5. The first-order valence-electron chi connectivity index (χ1n) is 7.35. The third-order valence-electron chi connectivity index (χ3n) is 3.30. The molecule has 0 saturated heterocycles. The number of carboxylic acid groups (broad SMARTS) is 1. The van der Waals surface area contributed by atoms with Crippen molar-refractivity contribution in [3.8, 4) is 29.4 Å². The number of benzene rings is 1. The highest BCUT2D eigenvalue weighted by Gasteiger charge is 2.16. The molecule has 24 heavy (non-hydrogen) atoms. The van der Waals surface area contributed by atoms with Crippen LogP contribution in [0.1, 0.15) is 23.2 Å². The molecule has 2 rings (SSSR count). The van der Waals surface area contributed by atoms with Gasteiger partial charge in [0.25, 0.3) is 0 Å². The average Bonchev–Trinajstić information content (AvgIpc) is 2.98. The fraction of sp³-hybridized carbons (Fsp3) is 0.158. The molecule has 0 radical (unpaired) electrons. The molecule has 0 aliphatic rings. The van der Waals surface area contributed by atoms with E-state index in [0.29, 0.717) is 6.42 Å². The molecule has 0 amide bonds. The van der Waals surface area contributed by atoms with Gasteiger partial charge in [-0.2, -0.15) is 0 Å². The number of aromatic hydroxyl groups is 1. The van der Waals surface area contributed by atoms with Crippen LogP contribution in [-0.4, -0.2) is 21.2 Å². The van der Waals surface area contributed by atoms with E-state index < -0.39 is 5.97 Å². The fourth-order valence-electron chi connectivity index (χ4n) is 2.14. The van der Waals surface area contributed by atoms with Gasteiger partial charge in [0, 0.05) is 12.0 Å². The third-order valence-corrected chi connectivity index (χ3v) is 4.46. The van der Waals surface area contributed by atoms with E-state index >= 15 is 0 Å². The maximum Gasteiger partial charge on any atom is 0.303 e. The van der Waals surface area contributed by atoms with Crippen LogP contribution in [0.2, 0.25) is 0 Å². The summed E-state index contributed by atoms with van der Waals surface area (Å²) in [5.41, 5.74) is 2.54. The van der Waals surface area contributed by atoms with Crippen LogP contribution in [-0.2, 0) is 11.2 Å². The van der Waals surface area contributed by atoms with E-state index in [1.165, 1.54) is 11.3 Å².